The summed E-state index contributed by atoms with van der Waals surface area (Å²) in [5.74, 6) is 1.84. The summed E-state index contributed by atoms with van der Waals surface area (Å²) in [7, 11) is -2.83. The quantitative estimate of drug-likeness (QED) is 0.879. The normalized spacial score (nSPS) is 22.6. The van der Waals surface area contributed by atoms with Gasteiger partial charge in [-0.2, -0.15) is 0 Å². The lowest BCUT2D eigenvalue weighted by Gasteiger charge is -2.25. The molecule has 4 heteroatoms. The van der Waals surface area contributed by atoms with Crippen LogP contribution in [0.15, 0.2) is 24.3 Å². The molecule has 0 bridgehead atoms. The van der Waals surface area contributed by atoms with E-state index in [-0.39, 0.29) is 5.92 Å². The molecule has 0 saturated carbocycles. The first-order chi connectivity index (χ1) is 9.89. The van der Waals surface area contributed by atoms with Gasteiger partial charge >= 0.3 is 0 Å². The third kappa shape index (κ3) is 4.55. The molecule has 1 fully saturated rings. The molecule has 2 rings (SSSR count). The number of nitrogens with one attached hydrogen (secondary N) is 1. The number of benzene rings is 1. The van der Waals surface area contributed by atoms with Crippen LogP contribution in [0.3, 0.4) is 0 Å². The van der Waals surface area contributed by atoms with Gasteiger partial charge in [0.05, 0.1) is 11.5 Å². The second kappa shape index (κ2) is 6.93. The van der Waals surface area contributed by atoms with Crippen molar-refractivity contribution in [3.8, 4) is 0 Å². The second-order valence-electron chi connectivity index (χ2n) is 6.68. The van der Waals surface area contributed by atoms with Gasteiger partial charge in [-0.1, -0.05) is 38.1 Å². The van der Waals surface area contributed by atoms with E-state index in [0.29, 0.717) is 23.3 Å². The van der Waals surface area contributed by atoms with Crippen LogP contribution in [0.2, 0.25) is 0 Å². The van der Waals surface area contributed by atoms with E-state index in [1.54, 1.807) is 0 Å². The standard InChI is InChI=1S/C17H27NO2S/c1-13(2)10-18-11-17(15-8-9-21(19,20)12-15)16-7-5-4-6-14(16)3/h4-7,13,15,17-18H,8-12H2,1-3H3. The molecule has 1 aliphatic rings. The zero-order valence-electron chi connectivity index (χ0n) is 13.3. The molecule has 0 aliphatic carbocycles. The third-order valence-electron chi connectivity index (χ3n) is 4.34. The summed E-state index contributed by atoms with van der Waals surface area (Å²) < 4.78 is 23.6. The molecule has 0 spiro atoms. The van der Waals surface area contributed by atoms with Gasteiger partial charge in [-0.15, -0.1) is 0 Å². The average Bonchev–Trinajstić information content (AvgIpc) is 2.76. The molecule has 2 atom stereocenters. The molecular formula is C17H27NO2S. The van der Waals surface area contributed by atoms with Gasteiger partial charge < -0.3 is 5.32 Å². The summed E-state index contributed by atoms with van der Waals surface area (Å²) in [6.45, 7) is 8.34. The van der Waals surface area contributed by atoms with Crippen LogP contribution in [-0.4, -0.2) is 33.0 Å². The van der Waals surface area contributed by atoms with E-state index in [0.717, 1.165) is 19.5 Å². The van der Waals surface area contributed by atoms with Crippen molar-refractivity contribution in [1.82, 2.24) is 5.32 Å². The monoisotopic (exact) mass is 309 g/mol. The van der Waals surface area contributed by atoms with Crippen molar-refractivity contribution in [3.63, 3.8) is 0 Å². The fourth-order valence-corrected chi connectivity index (χ4v) is 5.08. The molecule has 2 unspecified atom stereocenters. The molecule has 118 valence electrons. The number of aryl methyl sites for hydroxylation is 1. The highest BCUT2D eigenvalue weighted by atomic mass is 32.2. The van der Waals surface area contributed by atoms with E-state index in [1.807, 2.05) is 6.07 Å². The van der Waals surface area contributed by atoms with Crippen LogP contribution in [0, 0.1) is 18.8 Å². The molecule has 0 amide bonds. The van der Waals surface area contributed by atoms with Crippen LogP contribution in [0.4, 0.5) is 0 Å². The van der Waals surface area contributed by atoms with Gasteiger partial charge in [0.25, 0.3) is 0 Å². The van der Waals surface area contributed by atoms with E-state index in [9.17, 15) is 8.42 Å². The zero-order chi connectivity index (χ0) is 15.5. The highest BCUT2D eigenvalue weighted by Crippen LogP contribution is 2.34. The van der Waals surface area contributed by atoms with Crippen LogP contribution < -0.4 is 5.32 Å². The average molecular weight is 309 g/mol. The summed E-state index contributed by atoms with van der Waals surface area (Å²) in [6.07, 6.45) is 0.796. The second-order valence-corrected chi connectivity index (χ2v) is 8.91. The molecule has 1 heterocycles. The summed E-state index contributed by atoms with van der Waals surface area (Å²) >= 11 is 0. The SMILES string of the molecule is Cc1ccccc1C(CNCC(C)C)C1CCS(=O)(=O)C1. The summed E-state index contributed by atoms with van der Waals surface area (Å²) in [5, 5.41) is 3.52. The van der Waals surface area contributed by atoms with Crippen molar-refractivity contribution >= 4 is 9.84 Å². The Kier molecular flexibility index (Phi) is 5.44. The number of rotatable bonds is 6. The van der Waals surface area contributed by atoms with Crippen molar-refractivity contribution in [2.45, 2.75) is 33.1 Å². The first kappa shape index (κ1) is 16.5. The van der Waals surface area contributed by atoms with Crippen molar-refractivity contribution in [1.29, 1.82) is 0 Å². The van der Waals surface area contributed by atoms with Gasteiger partial charge in [-0.25, -0.2) is 8.42 Å². The molecule has 1 aliphatic heterocycles. The van der Waals surface area contributed by atoms with Crippen LogP contribution in [0.25, 0.3) is 0 Å². The minimum Gasteiger partial charge on any atom is -0.316 e. The first-order valence-electron chi connectivity index (χ1n) is 7.85. The van der Waals surface area contributed by atoms with Crippen molar-refractivity contribution in [3.05, 3.63) is 35.4 Å². The van der Waals surface area contributed by atoms with E-state index in [2.05, 4.69) is 44.3 Å². The minimum absolute atomic E-state index is 0.246. The maximum absolute atomic E-state index is 11.8. The molecule has 21 heavy (non-hydrogen) atoms. The van der Waals surface area contributed by atoms with Gasteiger partial charge in [0.1, 0.15) is 0 Å². The molecule has 1 aromatic rings. The highest BCUT2D eigenvalue weighted by Gasteiger charge is 2.34. The Hall–Kier alpha value is -0.870. The Balaban J connectivity index is 2.17. The number of hydrogen-bond donors (Lipinski definition) is 1. The van der Waals surface area contributed by atoms with Gasteiger partial charge in [-0.05, 0) is 42.9 Å². The topological polar surface area (TPSA) is 46.2 Å². The fraction of sp³-hybridized carbons (Fsp3) is 0.647. The molecule has 1 saturated heterocycles. The van der Waals surface area contributed by atoms with Gasteiger partial charge in [-0.3, -0.25) is 0 Å². The van der Waals surface area contributed by atoms with Crippen molar-refractivity contribution in [2.75, 3.05) is 24.6 Å². The molecule has 1 aromatic carbocycles. The van der Waals surface area contributed by atoms with Crippen molar-refractivity contribution in [2.24, 2.45) is 11.8 Å². The Labute approximate surface area is 129 Å². The molecule has 0 radical (unpaired) electrons. The number of sulfone groups is 1. The lowest BCUT2D eigenvalue weighted by atomic mass is 9.83. The largest absolute Gasteiger partial charge is 0.316 e. The Morgan fingerprint density at radius 1 is 1.24 bits per heavy atom. The van der Waals surface area contributed by atoms with Crippen LogP contribution in [0.1, 0.15) is 37.3 Å². The third-order valence-corrected chi connectivity index (χ3v) is 6.14. The highest BCUT2D eigenvalue weighted by molar-refractivity contribution is 7.91. The minimum atomic E-state index is -2.83. The Bertz CT molecular complexity index is 566. The molecule has 3 nitrogen and oxygen atoms in total. The summed E-state index contributed by atoms with van der Waals surface area (Å²) in [5.41, 5.74) is 2.56. The van der Waals surface area contributed by atoms with Crippen molar-refractivity contribution < 1.29 is 8.42 Å². The first-order valence-corrected chi connectivity index (χ1v) is 9.68. The Morgan fingerprint density at radius 2 is 1.95 bits per heavy atom. The van der Waals surface area contributed by atoms with Crippen LogP contribution in [-0.2, 0) is 9.84 Å². The lowest BCUT2D eigenvalue weighted by Crippen LogP contribution is -2.30. The van der Waals surface area contributed by atoms with Gasteiger partial charge in [0.2, 0.25) is 0 Å². The fourth-order valence-electron chi connectivity index (χ4n) is 3.20. The number of hydrogen-bond acceptors (Lipinski definition) is 3. The predicted molar refractivity (Wildman–Crippen MR) is 88.4 cm³/mol. The van der Waals surface area contributed by atoms with E-state index in [4.69, 9.17) is 0 Å². The molecular weight excluding hydrogens is 282 g/mol. The lowest BCUT2D eigenvalue weighted by molar-refractivity contribution is 0.422. The smallest absolute Gasteiger partial charge is 0.150 e. The van der Waals surface area contributed by atoms with Gasteiger partial charge in [0, 0.05) is 12.5 Å². The van der Waals surface area contributed by atoms with Crippen LogP contribution in [0.5, 0.6) is 0 Å². The molecule has 1 N–H and O–H groups in total. The zero-order valence-corrected chi connectivity index (χ0v) is 14.1. The van der Waals surface area contributed by atoms with Gasteiger partial charge in [0.15, 0.2) is 9.84 Å². The molecule has 0 aromatic heterocycles. The maximum Gasteiger partial charge on any atom is 0.150 e. The van der Waals surface area contributed by atoms with Crippen LogP contribution >= 0.6 is 0 Å². The predicted octanol–water partition coefficient (Wildman–Crippen LogP) is 2.76. The van der Waals surface area contributed by atoms with E-state index >= 15 is 0 Å². The maximum atomic E-state index is 11.8. The Morgan fingerprint density at radius 3 is 2.52 bits per heavy atom. The summed E-state index contributed by atoms with van der Waals surface area (Å²) in [4.78, 5) is 0. The van der Waals surface area contributed by atoms with E-state index in [1.165, 1.54) is 11.1 Å². The van der Waals surface area contributed by atoms with E-state index < -0.39 is 9.84 Å². The summed E-state index contributed by atoms with van der Waals surface area (Å²) in [6, 6.07) is 8.38.